The Bertz CT molecular complexity index is 680. The average Bonchev–Trinajstić information content (AvgIpc) is 2.60. The van der Waals surface area contributed by atoms with E-state index in [1.807, 2.05) is 0 Å². The number of carbonyl (C=O) groups is 1. The van der Waals surface area contributed by atoms with E-state index in [4.69, 9.17) is 0 Å². The Hall–Kier alpha value is -1.44. The van der Waals surface area contributed by atoms with E-state index in [1.54, 1.807) is 12.1 Å². The molecule has 0 bridgehead atoms. The molecule has 0 aromatic heterocycles. The van der Waals surface area contributed by atoms with Gasteiger partial charge in [-0.2, -0.15) is 0 Å². The van der Waals surface area contributed by atoms with Crippen LogP contribution in [0.3, 0.4) is 0 Å². The summed E-state index contributed by atoms with van der Waals surface area (Å²) in [6.45, 7) is 0.468. The zero-order valence-electron chi connectivity index (χ0n) is 14.3. The zero-order valence-corrected chi connectivity index (χ0v) is 15.1. The predicted molar refractivity (Wildman–Crippen MR) is 92.3 cm³/mol. The Kier molecular flexibility index (Phi) is 6.01. The maximum atomic E-state index is 12.4. The van der Waals surface area contributed by atoms with Crippen molar-refractivity contribution >= 4 is 15.9 Å². The van der Waals surface area contributed by atoms with Gasteiger partial charge in [-0.25, -0.2) is 12.7 Å². The Balaban J connectivity index is 2.10. The molecule has 1 fully saturated rings. The van der Waals surface area contributed by atoms with Gasteiger partial charge in [0.05, 0.1) is 11.5 Å². The average molecular weight is 354 g/mol. The molecule has 2 N–H and O–H groups in total. The molecule has 1 amide bonds. The van der Waals surface area contributed by atoms with Crippen LogP contribution in [-0.2, 0) is 10.0 Å². The number of amides is 1. The van der Waals surface area contributed by atoms with Crippen LogP contribution >= 0.6 is 0 Å². The number of aliphatic hydroxyl groups excluding tert-OH is 1. The van der Waals surface area contributed by atoms with Gasteiger partial charge in [0.1, 0.15) is 0 Å². The molecule has 1 saturated carbocycles. The van der Waals surface area contributed by atoms with Crippen molar-refractivity contribution < 1.29 is 18.3 Å². The molecule has 1 aliphatic carbocycles. The zero-order chi connectivity index (χ0) is 17.8. The molecule has 1 aromatic carbocycles. The van der Waals surface area contributed by atoms with Crippen molar-refractivity contribution in [3.63, 3.8) is 0 Å². The van der Waals surface area contributed by atoms with Gasteiger partial charge < -0.3 is 10.4 Å². The second-order valence-electron chi connectivity index (χ2n) is 6.72. The molecule has 1 aliphatic rings. The minimum absolute atomic E-state index is 0.0579. The first-order chi connectivity index (χ1) is 11.3. The van der Waals surface area contributed by atoms with Crippen LogP contribution < -0.4 is 5.32 Å². The summed E-state index contributed by atoms with van der Waals surface area (Å²) in [6, 6.07) is 6.02. The molecule has 0 aliphatic heterocycles. The molecule has 2 rings (SSSR count). The third kappa shape index (κ3) is 4.15. The number of benzene rings is 1. The Morgan fingerprint density at radius 2 is 1.92 bits per heavy atom. The third-order valence-corrected chi connectivity index (χ3v) is 6.56. The van der Waals surface area contributed by atoms with Crippen molar-refractivity contribution in [3.8, 4) is 0 Å². The molecule has 1 aromatic rings. The highest BCUT2D eigenvalue weighted by molar-refractivity contribution is 7.89. The van der Waals surface area contributed by atoms with E-state index < -0.39 is 10.0 Å². The standard InChI is InChI=1S/C17H26N2O4S/c1-19(2)24(22,23)15-8-6-7-14(11-15)16(21)18-12-17(13-20)9-4-3-5-10-17/h6-8,11,20H,3-5,9-10,12-13H2,1-2H3,(H,18,21). The lowest BCUT2D eigenvalue weighted by Gasteiger charge is -2.35. The fourth-order valence-corrected chi connectivity index (χ4v) is 4.02. The summed E-state index contributed by atoms with van der Waals surface area (Å²) in [7, 11) is -0.663. The number of carbonyl (C=O) groups excluding carboxylic acids is 1. The second-order valence-corrected chi connectivity index (χ2v) is 8.87. The van der Waals surface area contributed by atoms with Gasteiger partial charge in [-0.15, -0.1) is 0 Å². The lowest BCUT2D eigenvalue weighted by atomic mass is 9.74. The second kappa shape index (κ2) is 7.63. The molecular weight excluding hydrogens is 328 g/mol. The largest absolute Gasteiger partial charge is 0.396 e. The lowest BCUT2D eigenvalue weighted by molar-refractivity contribution is 0.0718. The van der Waals surface area contributed by atoms with Crippen molar-refractivity contribution in [1.29, 1.82) is 0 Å². The molecule has 6 nitrogen and oxygen atoms in total. The summed E-state index contributed by atoms with van der Waals surface area (Å²) in [6.07, 6.45) is 5.10. The van der Waals surface area contributed by atoms with E-state index in [2.05, 4.69) is 5.32 Å². The van der Waals surface area contributed by atoms with Crippen molar-refractivity contribution in [2.24, 2.45) is 5.41 Å². The summed E-state index contributed by atoms with van der Waals surface area (Å²) in [5.74, 6) is -0.316. The van der Waals surface area contributed by atoms with Crippen LogP contribution in [0, 0.1) is 5.41 Å². The Morgan fingerprint density at radius 1 is 1.25 bits per heavy atom. The number of rotatable bonds is 6. The van der Waals surface area contributed by atoms with E-state index in [-0.39, 0.29) is 22.8 Å². The first-order valence-corrected chi connectivity index (χ1v) is 9.66. The third-order valence-electron chi connectivity index (χ3n) is 4.75. The maximum Gasteiger partial charge on any atom is 0.251 e. The van der Waals surface area contributed by atoms with Gasteiger partial charge in [0.15, 0.2) is 0 Å². The van der Waals surface area contributed by atoms with Gasteiger partial charge in [-0.3, -0.25) is 4.79 Å². The van der Waals surface area contributed by atoms with E-state index in [0.29, 0.717) is 12.1 Å². The van der Waals surface area contributed by atoms with E-state index in [1.165, 1.54) is 32.6 Å². The van der Waals surface area contributed by atoms with Gasteiger partial charge in [-0.1, -0.05) is 25.3 Å². The Morgan fingerprint density at radius 3 is 2.50 bits per heavy atom. The smallest absolute Gasteiger partial charge is 0.251 e. The van der Waals surface area contributed by atoms with Gasteiger partial charge in [0, 0.05) is 31.6 Å². The summed E-state index contributed by atoms with van der Waals surface area (Å²) < 4.78 is 25.5. The van der Waals surface area contributed by atoms with E-state index in [9.17, 15) is 18.3 Å². The number of aliphatic hydroxyl groups is 1. The maximum absolute atomic E-state index is 12.4. The van der Waals surface area contributed by atoms with Gasteiger partial charge in [-0.05, 0) is 31.0 Å². The van der Waals surface area contributed by atoms with Gasteiger partial charge in [0.25, 0.3) is 5.91 Å². The molecule has 0 radical (unpaired) electrons. The van der Waals surface area contributed by atoms with Crippen LogP contribution in [0.5, 0.6) is 0 Å². The molecule has 7 heteroatoms. The topological polar surface area (TPSA) is 86.7 Å². The molecule has 0 atom stereocenters. The molecular formula is C17H26N2O4S. The number of nitrogens with one attached hydrogen (secondary N) is 1. The minimum atomic E-state index is -3.57. The molecule has 0 unspecified atom stereocenters. The van der Waals surface area contributed by atoms with Crippen LogP contribution in [0.1, 0.15) is 42.5 Å². The lowest BCUT2D eigenvalue weighted by Crippen LogP contribution is -2.41. The molecule has 0 heterocycles. The van der Waals surface area contributed by atoms with Gasteiger partial charge >= 0.3 is 0 Å². The van der Waals surface area contributed by atoms with Crippen molar-refractivity contribution in [2.45, 2.75) is 37.0 Å². The quantitative estimate of drug-likeness (QED) is 0.812. The van der Waals surface area contributed by atoms with E-state index in [0.717, 1.165) is 30.0 Å². The SMILES string of the molecule is CN(C)S(=O)(=O)c1cccc(C(=O)NCC2(CO)CCCCC2)c1. The van der Waals surface area contributed by atoms with Crippen LogP contribution in [0.25, 0.3) is 0 Å². The van der Waals surface area contributed by atoms with Crippen molar-refractivity contribution in [2.75, 3.05) is 27.2 Å². The summed E-state index contributed by atoms with van der Waals surface area (Å²) in [5.41, 5.74) is 0.0585. The first kappa shape index (κ1) is 18.9. The molecule has 24 heavy (non-hydrogen) atoms. The van der Waals surface area contributed by atoms with Crippen LogP contribution in [0.2, 0.25) is 0 Å². The summed E-state index contributed by atoms with van der Waals surface area (Å²) >= 11 is 0. The predicted octanol–water partition coefficient (Wildman–Crippen LogP) is 1.61. The molecule has 134 valence electrons. The molecule has 0 saturated heterocycles. The van der Waals surface area contributed by atoms with Crippen LogP contribution in [0.4, 0.5) is 0 Å². The number of nitrogens with zero attached hydrogens (tertiary/aromatic N) is 1. The summed E-state index contributed by atoms with van der Waals surface area (Å²) in [5, 5.41) is 12.6. The highest BCUT2D eigenvalue weighted by Crippen LogP contribution is 2.35. The van der Waals surface area contributed by atoms with Gasteiger partial charge in [0.2, 0.25) is 10.0 Å². The first-order valence-electron chi connectivity index (χ1n) is 8.22. The minimum Gasteiger partial charge on any atom is -0.396 e. The van der Waals surface area contributed by atoms with Crippen LogP contribution in [0.15, 0.2) is 29.2 Å². The highest BCUT2D eigenvalue weighted by atomic mass is 32.2. The number of hydrogen-bond donors (Lipinski definition) is 2. The number of sulfonamides is 1. The Labute approximate surface area is 143 Å². The van der Waals surface area contributed by atoms with Crippen molar-refractivity contribution in [1.82, 2.24) is 9.62 Å². The fraction of sp³-hybridized carbons (Fsp3) is 0.588. The molecule has 0 spiro atoms. The van der Waals surface area contributed by atoms with Crippen molar-refractivity contribution in [3.05, 3.63) is 29.8 Å². The van der Waals surface area contributed by atoms with E-state index >= 15 is 0 Å². The number of hydrogen-bond acceptors (Lipinski definition) is 4. The monoisotopic (exact) mass is 354 g/mol. The fourth-order valence-electron chi connectivity index (χ4n) is 3.07. The highest BCUT2D eigenvalue weighted by Gasteiger charge is 2.31. The normalized spacial score (nSPS) is 17.7. The summed E-state index contributed by atoms with van der Waals surface area (Å²) in [4.78, 5) is 12.5. The van der Waals surface area contributed by atoms with Crippen LogP contribution in [-0.4, -0.2) is 51.0 Å².